The second-order valence-electron chi connectivity index (χ2n) is 4.23. The van der Waals surface area contributed by atoms with E-state index in [9.17, 15) is 9.59 Å². The maximum absolute atomic E-state index is 11.8. The molecule has 2 rings (SSSR count). The minimum Gasteiger partial charge on any atom is -0.478 e. The first kappa shape index (κ1) is 13.0. The summed E-state index contributed by atoms with van der Waals surface area (Å²) in [6.07, 6.45) is 0.323. The lowest BCUT2D eigenvalue weighted by Gasteiger charge is -2.18. The maximum Gasteiger partial charge on any atom is 0.335 e. The summed E-state index contributed by atoms with van der Waals surface area (Å²) in [6.45, 7) is 0.438. The van der Waals surface area contributed by atoms with Crippen molar-refractivity contribution in [2.75, 3.05) is 18.1 Å². The van der Waals surface area contributed by atoms with Crippen LogP contribution in [0.25, 0.3) is 0 Å². The van der Waals surface area contributed by atoms with Gasteiger partial charge in [-0.1, -0.05) is 0 Å². The van der Waals surface area contributed by atoms with Gasteiger partial charge in [-0.3, -0.25) is 4.79 Å². The standard InChI is InChI=1S/C12H12BrNO4/c13-9-4-8(12(17)18)1-2-10(9)14-5-7(6-15)3-11(14)16/h1-2,4,7,15H,3,5-6H2,(H,17,18). The molecule has 0 radical (unpaired) electrons. The highest BCUT2D eigenvalue weighted by molar-refractivity contribution is 9.10. The topological polar surface area (TPSA) is 77.8 Å². The molecule has 1 amide bonds. The third kappa shape index (κ3) is 2.39. The number of carboxylic acid groups (broad SMARTS) is 1. The van der Waals surface area contributed by atoms with Crippen LogP contribution in [0.3, 0.4) is 0 Å². The lowest BCUT2D eigenvalue weighted by molar-refractivity contribution is -0.117. The summed E-state index contributed by atoms with van der Waals surface area (Å²) < 4.78 is 0.564. The number of aliphatic hydroxyl groups excluding tert-OH is 1. The Balaban J connectivity index is 2.29. The summed E-state index contributed by atoms with van der Waals surface area (Å²) in [4.78, 5) is 24.2. The predicted molar refractivity (Wildman–Crippen MR) is 68.6 cm³/mol. The van der Waals surface area contributed by atoms with E-state index in [0.717, 1.165) is 0 Å². The Kier molecular flexibility index (Phi) is 3.68. The van der Waals surface area contributed by atoms with Crippen molar-refractivity contribution in [2.45, 2.75) is 6.42 Å². The molecule has 1 fully saturated rings. The molecule has 0 spiro atoms. The van der Waals surface area contributed by atoms with Gasteiger partial charge < -0.3 is 15.1 Å². The molecular weight excluding hydrogens is 302 g/mol. The molecule has 1 unspecified atom stereocenters. The van der Waals surface area contributed by atoms with E-state index in [0.29, 0.717) is 23.1 Å². The van der Waals surface area contributed by atoms with Crippen LogP contribution in [-0.2, 0) is 4.79 Å². The van der Waals surface area contributed by atoms with Crippen molar-refractivity contribution < 1.29 is 19.8 Å². The molecule has 1 aromatic carbocycles. The normalized spacial score (nSPS) is 19.3. The summed E-state index contributed by atoms with van der Waals surface area (Å²) >= 11 is 3.28. The van der Waals surface area contributed by atoms with Crippen molar-refractivity contribution in [2.24, 2.45) is 5.92 Å². The first-order valence-electron chi connectivity index (χ1n) is 5.47. The molecule has 1 atom stereocenters. The number of carbonyl (C=O) groups is 2. The Morgan fingerprint density at radius 3 is 2.72 bits per heavy atom. The second kappa shape index (κ2) is 5.07. The number of anilines is 1. The Bertz CT molecular complexity index is 503. The molecule has 0 bridgehead atoms. The summed E-state index contributed by atoms with van der Waals surface area (Å²) in [7, 11) is 0. The number of carboxylic acids is 1. The van der Waals surface area contributed by atoms with Gasteiger partial charge in [-0.15, -0.1) is 0 Å². The van der Waals surface area contributed by atoms with E-state index in [1.54, 1.807) is 11.0 Å². The van der Waals surface area contributed by atoms with Crippen molar-refractivity contribution >= 4 is 33.5 Å². The van der Waals surface area contributed by atoms with E-state index >= 15 is 0 Å². The molecule has 0 saturated carbocycles. The third-order valence-electron chi connectivity index (χ3n) is 2.95. The molecule has 1 aromatic rings. The van der Waals surface area contributed by atoms with Crippen molar-refractivity contribution in [1.29, 1.82) is 0 Å². The van der Waals surface area contributed by atoms with Crippen LogP contribution < -0.4 is 4.90 Å². The molecule has 18 heavy (non-hydrogen) atoms. The molecule has 1 heterocycles. The van der Waals surface area contributed by atoms with Crippen LogP contribution in [-0.4, -0.2) is 35.2 Å². The van der Waals surface area contributed by atoms with Crippen molar-refractivity contribution in [3.8, 4) is 0 Å². The number of amides is 1. The first-order chi connectivity index (χ1) is 8.52. The minimum absolute atomic E-state index is 0.0208. The number of nitrogens with zero attached hydrogens (tertiary/aromatic N) is 1. The third-order valence-corrected chi connectivity index (χ3v) is 3.58. The molecule has 0 aliphatic carbocycles. The van der Waals surface area contributed by atoms with E-state index in [2.05, 4.69) is 15.9 Å². The Morgan fingerprint density at radius 1 is 1.50 bits per heavy atom. The van der Waals surface area contributed by atoms with Crippen LogP contribution in [0.5, 0.6) is 0 Å². The number of halogens is 1. The monoisotopic (exact) mass is 313 g/mol. The van der Waals surface area contributed by atoms with Gasteiger partial charge in [-0.05, 0) is 34.1 Å². The Labute approximate surface area is 112 Å². The van der Waals surface area contributed by atoms with Crippen LogP contribution in [0.1, 0.15) is 16.8 Å². The molecule has 5 nitrogen and oxygen atoms in total. The van der Waals surface area contributed by atoms with E-state index < -0.39 is 5.97 Å². The van der Waals surface area contributed by atoms with Gasteiger partial charge in [0, 0.05) is 30.0 Å². The van der Waals surface area contributed by atoms with Crippen LogP contribution >= 0.6 is 15.9 Å². The fraction of sp³-hybridized carbons (Fsp3) is 0.333. The van der Waals surface area contributed by atoms with Crippen LogP contribution in [0.15, 0.2) is 22.7 Å². The molecular formula is C12H12BrNO4. The van der Waals surface area contributed by atoms with Crippen LogP contribution in [0.4, 0.5) is 5.69 Å². The van der Waals surface area contributed by atoms with Crippen molar-refractivity contribution in [1.82, 2.24) is 0 Å². The summed E-state index contributed by atoms with van der Waals surface area (Å²) in [5.41, 5.74) is 0.803. The summed E-state index contributed by atoms with van der Waals surface area (Å²) in [6, 6.07) is 4.53. The molecule has 6 heteroatoms. The fourth-order valence-corrected chi connectivity index (χ4v) is 2.59. The molecule has 1 saturated heterocycles. The molecule has 96 valence electrons. The lowest BCUT2D eigenvalue weighted by atomic mass is 10.1. The van der Waals surface area contributed by atoms with E-state index in [-0.39, 0.29) is 24.0 Å². The zero-order valence-corrected chi connectivity index (χ0v) is 11.1. The van der Waals surface area contributed by atoms with Gasteiger partial charge in [0.2, 0.25) is 5.91 Å². The van der Waals surface area contributed by atoms with E-state index in [4.69, 9.17) is 10.2 Å². The number of aromatic carboxylic acids is 1. The second-order valence-corrected chi connectivity index (χ2v) is 5.08. The number of hydrogen-bond acceptors (Lipinski definition) is 3. The highest BCUT2D eigenvalue weighted by Crippen LogP contribution is 2.32. The first-order valence-corrected chi connectivity index (χ1v) is 6.26. The number of benzene rings is 1. The van der Waals surface area contributed by atoms with E-state index in [1.807, 2.05) is 0 Å². The van der Waals surface area contributed by atoms with E-state index in [1.165, 1.54) is 12.1 Å². The molecule has 1 aliphatic heterocycles. The quantitative estimate of drug-likeness (QED) is 0.886. The van der Waals surface area contributed by atoms with Gasteiger partial charge in [0.15, 0.2) is 0 Å². The van der Waals surface area contributed by atoms with Gasteiger partial charge in [0.25, 0.3) is 0 Å². The molecule has 2 N–H and O–H groups in total. The van der Waals surface area contributed by atoms with Crippen molar-refractivity contribution in [3.63, 3.8) is 0 Å². The highest BCUT2D eigenvalue weighted by atomic mass is 79.9. The highest BCUT2D eigenvalue weighted by Gasteiger charge is 2.31. The van der Waals surface area contributed by atoms with Gasteiger partial charge in [-0.25, -0.2) is 4.79 Å². The summed E-state index contributed by atoms with van der Waals surface area (Å²) in [5.74, 6) is -1.12. The number of hydrogen-bond donors (Lipinski definition) is 2. The Hall–Kier alpha value is -1.40. The average Bonchev–Trinajstić information content (AvgIpc) is 2.70. The van der Waals surface area contributed by atoms with Gasteiger partial charge in [-0.2, -0.15) is 0 Å². The SMILES string of the molecule is O=C(O)c1ccc(N2CC(CO)CC2=O)c(Br)c1. The minimum atomic E-state index is -1.01. The number of aliphatic hydroxyl groups is 1. The lowest BCUT2D eigenvalue weighted by Crippen LogP contribution is -2.25. The smallest absolute Gasteiger partial charge is 0.335 e. The maximum atomic E-state index is 11.8. The number of carbonyl (C=O) groups excluding carboxylic acids is 1. The molecule has 0 aromatic heterocycles. The molecule has 1 aliphatic rings. The van der Waals surface area contributed by atoms with Gasteiger partial charge in [0.1, 0.15) is 0 Å². The Morgan fingerprint density at radius 2 is 2.22 bits per heavy atom. The van der Waals surface area contributed by atoms with Crippen LogP contribution in [0.2, 0.25) is 0 Å². The van der Waals surface area contributed by atoms with Crippen LogP contribution in [0, 0.1) is 5.92 Å². The van der Waals surface area contributed by atoms with Gasteiger partial charge in [0.05, 0.1) is 11.3 Å². The largest absolute Gasteiger partial charge is 0.478 e. The number of rotatable bonds is 3. The fourth-order valence-electron chi connectivity index (χ4n) is 2.00. The van der Waals surface area contributed by atoms with Crippen molar-refractivity contribution in [3.05, 3.63) is 28.2 Å². The zero-order valence-electron chi connectivity index (χ0n) is 9.47. The predicted octanol–water partition coefficient (Wildman–Crippen LogP) is 1.49. The zero-order chi connectivity index (χ0) is 13.3. The average molecular weight is 314 g/mol. The van der Waals surface area contributed by atoms with Gasteiger partial charge >= 0.3 is 5.97 Å². The summed E-state index contributed by atoms with van der Waals surface area (Å²) in [5, 5.41) is 17.9.